The van der Waals surface area contributed by atoms with Crippen LogP contribution in [0.5, 0.6) is 0 Å². The van der Waals surface area contributed by atoms with E-state index in [9.17, 15) is 4.79 Å². The van der Waals surface area contributed by atoms with Crippen molar-refractivity contribution in [3.8, 4) is 0 Å². The van der Waals surface area contributed by atoms with Crippen molar-refractivity contribution < 1.29 is 4.79 Å². The first-order valence-corrected chi connectivity index (χ1v) is 4.60. The van der Waals surface area contributed by atoms with Crippen LogP contribution >= 0.6 is 0 Å². The van der Waals surface area contributed by atoms with E-state index in [2.05, 4.69) is 20.7 Å². The van der Waals surface area contributed by atoms with E-state index in [1.54, 1.807) is 6.07 Å². The van der Waals surface area contributed by atoms with Crippen molar-refractivity contribution in [1.29, 1.82) is 0 Å². The Morgan fingerprint density at radius 1 is 1.53 bits per heavy atom. The van der Waals surface area contributed by atoms with E-state index in [4.69, 9.17) is 5.84 Å². The zero-order valence-corrected chi connectivity index (χ0v) is 8.10. The van der Waals surface area contributed by atoms with Gasteiger partial charge in [0, 0.05) is 19.2 Å². The summed E-state index contributed by atoms with van der Waals surface area (Å²) >= 11 is 0. The molecule has 1 amide bonds. The van der Waals surface area contributed by atoms with Gasteiger partial charge in [-0.2, -0.15) is 0 Å². The topological polar surface area (TPSA) is 96.2 Å². The van der Waals surface area contributed by atoms with Gasteiger partial charge < -0.3 is 15.6 Å². The lowest BCUT2D eigenvalue weighted by molar-refractivity contribution is -0.120. The third kappa shape index (κ3) is 2.13. The Bertz CT molecular complexity index is 368. The summed E-state index contributed by atoms with van der Waals surface area (Å²) in [6.07, 6.45) is 1.41. The zero-order valence-electron chi connectivity index (χ0n) is 8.10. The smallest absolute Gasteiger partial charge is 0.239 e. The van der Waals surface area contributed by atoms with E-state index in [-0.39, 0.29) is 5.91 Å². The van der Waals surface area contributed by atoms with Crippen LogP contribution in [0.4, 0.5) is 11.6 Å². The fourth-order valence-corrected chi connectivity index (χ4v) is 1.43. The van der Waals surface area contributed by atoms with Crippen LogP contribution in [0.1, 0.15) is 0 Å². The molecule has 1 aliphatic rings. The van der Waals surface area contributed by atoms with Crippen LogP contribution in [-0.4, -0.2) is 35.5 Å². The minimum atomic E-state index is 0.00196. The minimum absolute atomic E-state index is 0.00196. The molecular formula is C8H12N6O. The summed E-state index contributed by atoms with van der Waals surface area (Å²) in [6, 6.07) is 1.71. The molecule has 80 valence electrons. The number of piperazine rings is 1. The Morgan fingerprint density at radius 3 is 3.13 bits per heavy atom. The number of hydrazine groups is 1. The Balaban J connectivity index is 2.17. The highest BCUT2D eigenvalue weighted by Crippen LogP contribution is 2.13. The Morgan fingerprint density at radius 2 is 2.40 bits per heavy atom. The fraction of sp³-hybridized carbons (Fsp3) is 0.375. The lowest BCUT2D eigenvalue weighted by Crippen LogP contribution is -2.48. The van der Waals surface area contributed by atoms with Crippen LogP contribution in [0, 0.1) is 0 Å². The van der Waals surface area contributed by atoms with Gasteiger partial charge in [-0.15, -0.1) is 0 Å². The lowest BCUT2D eigenvalue weighted by Gasteiger charge is -2.27. The van der Waals surface area contributed by atoms with Gasteiger partial charge >= 0.3 is 0 Å². The normalized spacial score (nSPS) is 16.1. The van der Waals surface area contributed by atoms with Crippen LogP contribution < -0.4 is 21.5 Å². The lowest BCUT2D eigenvalue weighted by atomic mass is 10.3. The molecule has 0 spiro atoms. The molecular weight excluding hydrogens is 196 g/mol. The molecule has 0 unspecified atom stereocenters. The number of carbonyl (C=O) groups is 1. The molecule has 4 N–H and O–H groups in total. The number of amides is 1. The number of anilines is 2. The summed E-state index contributed by atoms with van der Waals surface area (Å²) in [7, 11) is 0. The van der Waals surface area contributed by atoms with Gasteiger partial charge in [-0.3, -0.25) is 4.79 Å². The number of aromatic nitrogens is 2. The molecule has 0 aromatic carbocycles. The SMILES string of the molecule is NNc1cc(N2CCNC(=O)C2)ncn1. The second-order valence-corrected chi connectivity index (χ2v) is 3.18. The highest BCUT2D eigenvalue weighted by atomic mass is 16.2. The van der Waals surface area contributed by atoms with Crippen molar-refractivity contribution >= 4 is 17.5 Å². The second-order valence-electron chi connectivity index (χ2n) is 3.18. The quantitative estimate of drug-likeness (QED) is 0.413. The number of nitrogens with one attached hydrogen (secondary N) is 2. The molecule has 7 heteroatoms. The van der Waals surface area contributed by atoms with Crippen molar-refractivity contribution in [2.24, 2.45) is 5.84 Å². The molecule has 0 saturated carbocycles. The van der Waals surface area contributed by atoms with Crippen molar-refractivity contribution in [3.63, 3.8) is 0 Å². The number of rotatable bonds is 2. The van der Waals surface area contributed by atoms with Crippen LogP contribution in [0.15, 0.2) is 12.4 Å². The van der Waals surface area contributed by atoms with Crippen LogP contribution in [-0.2, 0) is 4.79 Å². The summed E-state index contributed by atoms with van der Waals surface area (Å²) in [4.78, 5) is 21.0. The Hall–Kier alpha value is -1.89. The summed E-state index contributed by atoms with van der Waals surface area (Å²) in [5.74, 6) is 6.47. The molecule has 1 aromatic heterocycles. The fourth-order valence-electron chi connectivity index (χ4n) is 1.43. The average Bonchev–Trinajstić information content (AvgIpc) is 2.29. The standard InChI is InChI=1S/C8H12N6O/c9-13-6-3-7(12-5-11-6)14-2-1-10-8(15)4-14/h3,5H,1-2,4,9H2,(H,10,15)(H,11,12,13). The average molecular weight is 208 g/mol. The van der Waals surface area contributed by atoms with E-state index < -0.39 is 0 Å². The van der Waals surface area contributed by atoms with Gasteiger partial charge in [0.2, 0.25) is 5.91 Å². The van der Waals surface area contributed by atoms with Gasteiger partial charge in [-0.1, -0.05) is 0 Å². The number of hydrogen-bond acceptors (Lipinski definition) is 6. The van der Waals surface area contributed by atoms with Crippen molar-refractivity contribution in [2.75, 3.05) is 30.0 Å². The molecule has 1 aromatic rings. The van der Waals surface area contributed by atoms with Crippen molar-refractivity contribution in [2.45, 2.75) is 0 Å². The van der Waals surface area contributed by atoms with E-state index in [0.717, 1.165) is 6.54 Å². The molecule has 7 nitrogen and oxygen atoms in total. The van der Waals surface area contributed by atoms with Crippen LogP contribution in [0.25, 0.3) is 0 Å². The van der Waals surface area contributed by atoms with E-state index >= 15 is 0 Å². The number of nitrogen functional groups attached to an aromatic ring is 1. The predicted molar refractivity (Wildman–Crippen MR) is 55.1 cm³/mol. The molecule has 0 aliphatic carbocycles. The molecule has 2 rings (SSSR count). The maximum absolute atomic E-state index is 11.2. The Kier molecular flexibility index (Phi) is 2.64. The van der Waals surface area contributed by atoms with Gasteiger partial charge in [0.25, 0.3) is 0 Å². The summed E-state index contributed by atoms with van der Waals surface area (Å²) in [6.45, 7) is 1.70. The Labute approximate surface area is 86.7 Å². The highest BCUT2D eigenvalue weighted by molar-refractivity contribution is 5.82. The molecule has 0 radical (unpaired) electrons. The maximum atomic E-state index is 11.2. The number of nitrogens with two attached hydrogens (primary N) is 1. The van der Waals surface area contributed by atoms with Crippen LogP contribution in [0.3, 0.4) is 0 Å². The number of nitrogens with zero attached hydrogens (tertiary/aromatic N) is 3. The summed E-state index contributed by atoms with van der Waals surface area (Å²) < 4.78 is 0. The first-order valence-electron chi connectivity index (χ1n) is 4.60. The molecule has 1 fully saturated rings. The monoisotopic (exact) mass is 208 g/mol. The number of hydrogen-bond donors (Lipinski definition) is 3. The first-order chi connectivity index (χ1) is 7.29. The molecule has 15 heavy (non-hydrogen) atoms. The zero-order chi connectivity index (χ0) is 10.7. The first kappa shape index (κ1) is 9.66. The van der Waals surface area contributed by atoms with Crippen LogP contribution in [0.2, 0.25) is 0 Å². The molecule has 0 atom stereocenters. The van der Waals surface area contributed by atoms with Crippen molar-refractivity contribution in [3.05, 3.63) is 12.4 Å². The van der Waals surface area contributed by atoms with Gasteiger partial charge in [-0.05, 0) is 0 Å². The molecule has 1 aliphatic heterocycles. The van der Waals surface area contributed by atoms with Gasteiger partial charge in [-0.25, -0.2) is 15.8 Å². The third-order valence-electron chi connectivity index (χ3n) is 2.16. The van der Waals surface area contributed by atoms with E-state index in [0.29, 0.717) is 24.7 Å². The van der Waals surface area contributed by atoms with E-state index in [1.165, 1.54) is 6.33 Å². The largest absolute Gasteiger partial charge is 0.353 e. The summed E-state index contributed by atoms with van der Waals surface area (Å²) in [5.41, 5.74) is 2.44. The third-order valence-corrected chi connectivity index (χ3v) is 2.16. The summed E-state index contributed by atoms with van der Waals surface area (Å²) in [5, 5.41) is 2.75. The van der Waals surface area contributed by atoms with Gasteiger partial charge in [0.15, 0.2) is 0 Å². The highest BCUT2D eigenvalue weighted by Gasteiger charge is 2.17. The second kappa shape index (κ2) is 4.09. The maximum Gasteiger partial charge on any atom is 0.239 e. The molecule has 1 saturated heterocycles. The van der Waals surface area contributed by atoms with Gasteiger partial charge in [0.05, 0.1) is 6.54 Å². The number of carbonyl (C=O) groups excluding carboxylic acids is 1. The molecule has 2 heterocycles. The van der Waals surface area contributed by atoms with Crippen molar-refractivity contribution in [1.82, 2.24) is 15.3 Å². The molecule has 0 bridgehead atoms. The van der Waals surface area contributed by atoms with Gasteiger partial charge in [0.1, 0.15) is 18.0 Å². The predicted octanol–water partition coefficient (Wildman–Crippen LogP) is -1.30. The minimum Gasteiger partial charge on any atom is -0.353 e. The van der Waals surface area contributed by atoms with E-state index in [1.807, 2.05) is 4.90 Å².